The number of hydrogen-bond acceptors (Lipinski definition) is 4. The van der Waals surface area contributed by atoms with Gasteiger partial charge >= 0.3 is 0 Å². The van der Waals surface area contributed by atoms with E-state index in [0.717, 1.165) is 6.34 Å². The van der Waals surface area contributed by atoms with E-state index in [-0.39, 0.29) is 0 Å². The average molecular weight is 117 g/mol. The van der Waals surface area contributed by atoms with Gasteiger partial charge in [0, 0.05) is 0 Å². The summed E-state index contributed by atoms with van der Waals surface area (Å²) in [6.07, 6.45) is 0.944. The van der Waals surface area contributed by atoms with Gasteiger partial charge < -0.3 is 11.2 Å². The maximum atomic E-state index is 6.00. The zero-order valence-corrected chi connectivity index (χ0v) is 5.05. The highest BCUT2D eigenvalue weighted by Gasteiger charge is 1.43. The van der Waals surface area contributed by atoms with E-state index >= 15 is 0 Å². The molecule has 0 saturated carbocycles. The lowest BCUT2D eigenvalue weighted by Gasteiger charge is -1.59. The van der Waals surface area contributed by atoms with Crippen molar-refractivity contribution in [3.05, 3.63) is 0 Å². The molecule has 0 aromatic rings. The fourth-order valence-corrected chi connectivity index (χ4v) is 0.0333. The van der Waals surface area contributed by atoms with Gasteiger partial charge in [-0.1, -0.05) is 0 Å². The van der Waals surface area contributed by atoms with Gasteiger partial charge in [0.2, 0.25) is 0 Å². The van der Waals surface area contributed by atoms with Crippen LogP contribution in [0, 0.1) is 5.53 Å². The van der Waals surface area contributed by atoms with Crippen LogP contribution in [0.4, 0.5) is 0 Å². The van der Waals surface area contributed by atoms with Crippen LogP contribution >= 0.6 is 0 Å². The largest absolute Gasteiger partial charge is 0.323 e. The fraction of sp³-hybridized carbons (Fsp3) is 0.667. The molecular formula is C3H11N5. The molecule has 0 radical (unpaired) electrons. The third kappa shape index (κ3) is 77.0. The summed E-state index contributed by atoms with van der Waals surface area (Å²) in [5, 5.41) is 8.31. The molecule has 0 aliphatic carbocycles. The Morgan fingerprint density at radius 2 is 2.00 bits per heavy atom. The summed E-state index contributed by atoms with van der Waals surface area (Å²) >= 11 is 0. The Morgan fingerprint density at radius 1 is 1.62 bits per heavy atom. The molecule has 0 atom stereocenters. The van der Waals surface area contributed by atoms with E-state index < -0.39 is 0 Å². The average Bonchev–Trinajstić information content (AvgIpc) is 1.71. The lowest BCUT2D eigenvalue weighted by Crippen LogP contribution is -1.89. The monoisotopic (exact) mass is 117 g/mol. The molecule has 0 aliphatic heterocycles. The van der Waals surface area contributed by atoms with Crippen molar-refractivity contribution in [2.45, 2.75) is 0 Å². The molecule has 0 spiro atoms. The van der Waals surface area contributed by atoms with E-state index in [1.165, 1.54) is 0 Å². The zero-order chi connectivity index (χ0) is 6.83. The van der Waals surface area contributed by atoms with Crippen molar-refractivity contribution in [1.82, 2.24) is 5.32 Å². The molecule has 0 bridgehead atoms. The quantitative estimate of drug-likeness (QED) is 0.145. The predicted octanol–water partition coefficient (Wildman–Crippen LogP) is -0.245. The first-order valence-corrected chi connectivity index (χ1v) is 2.00. The Labute approximate surface area is 48.5 Å². The molecule has 5 nitrogen and oxygen atoms in total. The van der Waals surface area contributed by atoms with Crippen molar-refractivity contribution in [1.29, 1.82) is 5.53 Å². The molecule has 0 aliphatic rings. The zero-order valence-electron chi connectivity index (χ0n) is 5.05. The van der Waals surface area contributed by atoms with Crippen LogP contribution in [0.15, 0.2) is 10.2 Å². The van der Waals surface area contributed by atoms with Gasteiger partial charge in [0.05, 0.1) is 0 Å². The summed E-state index contributed by atoms with van der Waals surface area (Å²) in [5.41, 5.74) is 6.00. The maximum absolute atomic E-state index is 6.00. The highest BCUT2D eigenvalue weighted by Crippen LogP contribution is 1.44. The molecule has 5 heteroatoms. The van der Waals surface area contributed by atoms with Crippen LogP contribution in [0.25, 0.3) is 0 Å². The van der Waals surface area contributed by atoms with Gasteiger partial charge in [-0.2, -0.15) is 5.10 Å². The van der Waals surface area contributed by atoms with Crippen molar-refractivity contribution < 1.29 is 0 Å². The summed E-state index contributed by atoms with van der Waals surface area (Å²) in [4.78, 5) is 0. The first-order chi connectivity index (χ1) is 3.83. The first kappa shape index (κ1) is 10.1. The third-order valence-electron chi connectivity index (χ3n) is 0.124. The highest BCUT2D eigenvalue weighted by atomic mass is 15.2. The minimum Gasteiger partial charge on any atom is -0.323 e. The summed E-state index contributed by atoms with van der Waals surface area (Å²) in [5.74, 6) is 4.49. The molecule has 0 amide bonds. The Hall–Kier alpha value is -0.970. The SMILES string of the molecule is CNC.N=NC=NN. The Morgan fingerprint density at radius 3 is 2.00 bits per heavy atom. The summed E-state index contributed by atoms with van der Waals surface area (Å²) in [6, 6.07) is 0. The molecule has 8 heavy (non-hydrogen) atoms. The van der Waals surface area contributed by atoms with E-state index in [4.69, 9.17) is 5.53 Å². The lowest BCUT2D eigenvalue weighted by molar-refractivity contribution is 1.02. The molecule has 4 N–H and O–H groups in total. The normalized spacial score (nSPS) is 7.75. The fourth-order valence-electron chi connectivity index (χ4n) is 0.0333. The van der Waals surface area contributed by atoms with Gasteiger partial charge in [-0.25, -0.2) is 5.53 Å². The number of nitrogens with zero attached hydrogens (tertiary/aromatic N) is 2. The number of hydrogen-bond donors (Lipinski definition) is 3. The summed E-state index contributed by atoms with van der Waals surface area (Å²) in [6.45, 7) is 0. The molecular weight excluding hydrogens is 106 g/mol. The van der Waals surface area contributed by atoms with E-state index in [9.17, 15) is 0 Å². The maximum Gasteiger partial charge on any atom is 0.156 e. The Bertz CT molecular complexity index is 58.7. The van der Waals surface area contributed by atoms with Gasteiger partial charge in [0.25, 0.3) is 0 Å². The standard InChI is InChI=1S/C2H7N.CH4N4/c1-3-2;2-4-1-5-3/h3H,1-2H3;1-2H,3H2. The lowest BCUT2D eigenvalue weighted by atomic mass is 11.3. The molecule has 0 heterocycles. The molecule has 0 fully saturated rings. The van der Waals surface area contributed by atoms with E-state index in [0.29, 0.717) is 0 Å². The second-order valence-corrected chi connectivity index (χ2v) is 0.894. The molecule has 0 saturated heterocycles. The molecule has 0 aromatic heterocycles. The predicted molar refractivity (Wildman–Crippen MR) is 32.8 cm³/mol. The van der Waals surface area contributed by atoms with Crippen molar-refractivity contribution in [3.8, 4) is 0 Å². The van der Waals surface area contributed by atoms with Gasteiger partial charge in [-0.3, -0.25) is 0 Å². The van der Waals surface area contributed by atoms with Crippen molar-refractivity contribution >= 4 is 6.34 Å². The summed E-state index contributed by atoms with van der Waals surface area (Å²) in [7, 11) is 3.75. The number of nitrogens with two attached hydrogens (primary N) is 1. The Kier molecular flexibility index (Phi) is 21.0. The van der Waals surface area contributed by atoms with Gasteiger partial charge in [-0.05, 0) is 14.1 Å². The van der Waals surface area contributed by atoms with E-state index in [1.807, 2.05) is 14.1 Å². The van der Waals surface area contributed by atoms with Gasteiger partial charge in [0.1, 0.15) is 0 Å². The van der Waals surface area contributed by atoms with Crippen molar-refractivity contribution in [3.63, 3.8) is 0 Å². The van der Waals surface area contributed by atoms with Crippen LogP contribution in [-0.2, 0) is 0 Å². The van der Waals surface area contributed by atoms with Crippen LogP contribution in [-0.4, -0.2) is 20.4 Å². The van der Waals surface area contributed by atoms with Crippen LogP contribution in [0.2, 0.25) is 0 Å². The minimum absolute atomic E-state index is 0.944. The summed E-state index contributed by atoms with van der Waals surface area (Å²) < 4.78 is 0. The highest BCUT2D eigenvalue weighted by molar-refractivity contribution is 5.52. The van der Waals surface area contributed by atoms with Crippen molar-refractivity contribution in [2.75, 3.05) is 14.1 Å². The second kappa shape index (κ2) is 16.6. The smallest absolute Gasteiger partial charge is 0.156 e. The van der Waals surface area contributed by atoms with Crippen LogP contribution in [0.1, 0.15) is 0 Å². The topological polar surface area (TPSA) is 86.6 Å². The molecule has 48 valence electrons. The molecule has 0 rings (SSSR count). The van der Waals surface area contributed by atoms with Gasteiger partial charge in [0.15, 0.2) is 6.34 Å². The third-order valence-corrected chi connectivity index (χ3v) is 0.124. The van der Waals surface area contributed by atoms with Crippen LogP contribution in [0.5, 0.6) is 0 Å². The molecule has 0 aromatic carbocycles. The number of rotatable bonds is 1. The van der Waals surface area contributed by atoms with Gasteiger partial charge in [-0.15, -0.1) is 5.11 Å². The van der Waals surface area contributed by atoms with Crippen molar-refractivity contribution in [2.24, 2.45) is 16.1 Å². The number of nitrogens with one attached hydrogen (secondary N) is 2. The Balaban J connectivity index is 0. The van der Waals surface area contributed by atoms with E-state index in [1.54, 1.807) is 0 Å². The van der Waals surface area contributed by atoms with Crippen LogP contribution in [0.3, 0.4) is 0 Å². The number of hydrazone groups is 1. The molecule has 0 unspecified atom stereocenters. The minimum atomic E-state index is 0.944. The first-order valence-electron chi connectivity index (χ1n) is 2.00. The second-order valence-electron chi connectivity index (χ2n) is 0.894. The van der Waals surface area contributed by atoms with Crippen LogP contribution < -0.4 is 11.2 Å². The van der Waals surface area contributed by atoms with E-state index in [2.05, 4.69) is 21.4 Å².